The molecule has 0 unspecified atom stereocenters. The Morgan fingerprint density at radius 3 is 1.44 bits per heavy atom. The summed E-state index contributed by atoms with van der Waals surface area (Å²) >= 11 is 0. The second-order valence-electron chi connectivity index (χ2n) is 17.5. The molecule has 64 heavy (non-hydrogen) atoms. The molecule has 2 aromatic heterocycles. The molecule has 0 radical (unpaired) electrons. The number of halogens is 2. The molecule has 16 nitrogen and oxygen atoms in total. The predicted molar refractivity (Wildman–Crippen MR) is 237 cm³/mol. The highest BCUT2D eigenvalue weighted by Gasteiger charge is 2.63. The molecule has 0 amide bonds. The first-order valence-corrected chi connectivity index (χ1v) is 25.2. The van der Waals surface area contributed by atoms with Crippen LogP contribution in [0.5, 0.6) is 0 Å². The zero-order chi connectivity index (χ0) is 46.8. The highest BCUT2D eigenvalue weighted by Crippen LogP contribution is 2.43. The lowest BCUT2D eigenvalue weighted by Gasteiger charge is -2.50. The van der Waals surface area contributed by atoms with Crippen molar-refractivity contribution in [2.75, 3.05) is 43.9 Å². The van der Waals surface area contributed by atoms with Gasteiger partial charge in [-0.15, -0.1) is 0 Å². The highest BCUT2D eigenvalue weighted by molar-refractivity contribution is 7.94. The molecule has 2 fully saturated rings. The number of nitrogens with one attached hydrogen (secondary N) is 1. The van der Waals surface area contributed by atoms with Crippen LogP contribution in [0.3, 0.4) is 0 Å². The molecular weight excluding hydrogens is 891 g/mol. The Hall–Kier alpha value is -5.35. The van der Waals surface area contributed by atoms with Crippen LogP contribution < -0.4 is 16.8 Å². The molecule has 0 bridgehead atoms. The van der Waals surface area contributed by atoms with Crippen molar-refractivity contribution in [1.82, 2.24) is 19.6 Å². The van der Waals surface area contributed by atoms with Crippen molar-refractivity contribution in [3.05, 3.63) is 129 Å². The zero-order valence-electron chi connectivity index (χ0n) is 35.7. The molecule has 6 heterocycles. The van der Waals surface area contributed by atoms with E-state index in [0.29, 0.717) is 16.8 Å². The van der Waals surface area contributed by atoms with E-state index in [1.807, 2.05) is 13.8 Å². The maximum Gasteiger partial charge on any atom is 0.211 e. The lowest BCUT2D eigenvalue weighted by Crippen LogP contribution is -2.75. The Labute approximate surface area is 370 Å². The lowest BCUT2D eigenvalue weighted by atomic mass is 9.90. The van der Waals surface area contributed by atoms with E-state index in [1.165, 1.54) is 43.3 Å². The van der Waals surface area contributed by atoms with Gasteiger partial charge in [-0.1, -0.05) is 24.3 Å². The number of carbonyl (C=O) groups excluding carboxylic acids is 2. The van der Waals surface area contributed by atoms with E-state index in [9.17, 15) is 43.6 Å². The second-order valence-corrected chi connectivity index (χ2v) is 24.0. The number of hydrogen-bond acceptors (Lipinski definition) is 15. The van der Waals surface area contributed by atoms with E-state index in [-0.39, 0.29) is 84.8 Å². The summed E-state index contributed by atoms with van der Waals surface area (Å²) in [4.78, 5) is 42.2. The number of amidine groups is 2. The van der Waals surface area contributed by atoms with Gasteiger partial charge in [-0.05, 0) is 86.3 Å². The number of carbonyl (C=O) groups is 2. The summed E-state index contributed by atoms with van der Waals surface area (Å²) < 4.78 is 104. The maximum atomic E-state index is 14.9. The van der Waals surface area contributed by atoms with Gasteiger partial charge in [0.2, 0.25) is 10.0 Å². The first kappa shape index (κ1) is 46.6. The fourth-order valence-corrected chi connectivity index (χ4v) is 13.9. The first-order chi connectivity index (χ1) is 29.7. The molecule has 2 aromatic carbocycles. The number of rotatable bonds is 9. The number of aliphatic imine (C=N–C) groups is 2. The fraction of sp³-hybridized carbons (Fsp3) is 0.395. The van der Waals surface area contributed by atoms with Crippen LogP contribution >= 0.6 is 0 Å². The number of hydrogen-bond donors (Lipinski definition) is 3. The molecule has 4 aliphatic rings. The van der Waals surface area contributed by atoms with Crippen molar-refractivity contribution in [3.63, 3.8) is 0 Å². The fourth-order valence-electron chi connectivity index (χ4n) is 8.29. The van der Waals surface area contributed by atoms with Crippen molar-refractivity contribution >= 4 is 52.9 Å². The van der Waals surface area contributed by atoms with E-state index in [4.69, 9.17) is 11.5 Å². The van der Waals surface area contributed by atoms with Crippen molar-refractivity contribution < 1.29 is 43.6 Å². The SMILES string of the molecule is Cc1ccc(C(=O)Cc2ccc(F)c([C@]3(C)CS(=O)(=O)C4(CN(S(C)(=O)=O)C4)C(N)=N3)c2)nc1.Cc1ccc(C(=O)Cc2ccc(F)c([C@]3(C)CS(=O)(=O)C4(CNC4)C(N)=N3)c2)nc1. The molecule has 2 atom stereocenters. The van der Waals surface area contributed by atoms with Crippen molar-refractivity contribution in [3.8, 4) is 0 Å². The van der Waals surface area contributed by atoms with Gasteiger partial charge in [0.15, 0.2) is 40.7 Å². The molecule has 0 aliphatic carbocycles. The third-order valence-electron chi connectivity index (χ3n) is 12.3. The van der Waals surface area contributed by atoms with Crippen LogP contribution in [-0.4, -0.2) is 116 Å². The number of aromatic nitrogens is 2. The van der Waals surface area contributed by atoms with Crippen LogP contribution in [0.4, 0.5) is 8.78 Å². The Morgan fingerprint density at radius 1 is 0.703 bits per heavy atom. The average molecular weight is 939 g/mol. The van der Waals surface area contributed by atoms with Gasteiger partial charge in [-0.25, -0.2) is 34.0 Å². The summed E-state index contributed by atoms with van der Waals surface area (Å²) in [5.41, 5.74) is 12.8. The average Bonchev–Trinajstić information content (AvgIpc) is 3.14. The summed E-state index contributed by atoms with van der Waals surface area (Å²) in [7, 11) is -11.2. The van der Waals surface area contributed by atoms with Gasteiger partial charge in [-0.2, -0.15) is 4.31 Å². The molecule has 0 saturated carbocycles. The number of aryl methyl sites for hydroxylation is 2. The van der Waals surface area contributed by atoms with E-state index in [0.717, 1.165) is 21.7 Å². The topological polar surface area (TPSA) is 254 Å². The van der Waals surface area contributed by atoms with Crippen LogP contribution in [-0.2, 0) is 53.6 Å². The van der Waals surface area contributed by atoms with Crippen molar-refractivity contribution in [2.45, 2.75) is 61.1 Å². The number of nitrogens with two attached hydrogens (primary N) is 2. The molecule has 2 spiro atoms. The third-order valence-corrected chi connectivity index (χ3v) is 18.7. The molecule has 4 aromatic rings. The summed E-state index contributed by atoms with van der Waals surface area (Å²) in [6, 6.07) is 15.1. The van der Waals surface area contributed by atoms with Gasteiger partial charge in [0.05, 0.1) is 17.8 Å². The van der Waals surface area contributed by atoms with Crippen molar-refractivity contribution in [2.24, 2.45) is 21.5 Å². The molecule has 5 N–H and O–H groups in total. The van der Waals surface area contributed by atoms with Crippen molar-refractivity contribution in [1.29, 1.82) is 0 Å². The van der Waals surface area contributed by atoms with Gasteiger partial charge in [0.1, 0.15) is 45.8 Å². The first-order valence-electron chi connectivity index (χ1n) is 20.0. The van der Waals surface area contributed by atoms with E-state index < -0.39 is 67.7 Å². The third kappa shape index (κ3) is 8.38. The predicted octanol–water partition coefficient (Wildman–Crippen LogP) is 2.27. The number of Topliss-reactive ketones (excluding diaryl/α,β-unsaturated/α-hetero) is 2. The monoisotopic (exact) mass is 938 g/mol. The Morgan fingerprint density at radius 2 is 1.11 bits per heavy atom. The summed E-state index contributed by atoms with van der Waals surface area (Å²) in [5.74, 6) is -2.89. The lowest BCUT2D eigenvalue weighted by molar-refractivity contribution is 0.0980. The van der Waals surface area contributed by atoms with Crippen LogP contribution in [0.2, 0.25) is 0 Å². The minimum atomic E-state index is -3.99. The minimum Gasteiger partial charge on any atom is -0.386 e. The highest BCUT2D eigenvalue weighted by atomic mass is 32.2. The van der Waals surface area contributed by atoms with Crippen LogP contribution in [0.15, 0.2) is 83.0 Å². The number of pyridine rings is 2. The van der Waals surface area contributed by atoms with Crippen LogP contribution in [0.25, 0.3) is 0 Å². The largest absolute Gasteiger partial charge is 0.386 e. The molecule has 4 aliphatic heterocycles. The molecular formula is C43H48F2N8O8S3. The second kappa shape index (κ2) is 16.3. The number of sulfonamides is 1. The molecule has 2 saturated heterocycles. The Balaban J connectivity index is 0.000000193. The number of sulfone groups is 2. The minimum absolute atomic E-state index is 0.000246. The van der Waals surface area contributed by atoms with Crippen LogP contribution in [0.1, 0.15) is 68.2 Å². The summed E-state index contributed by atoms with van der Waals surface area (Å²) in [5, 5.41) is 2.93. The van der Waals surface area contributed by atoms with Gasteiger partial charge in [0, 0.05) is 62.5 Å². The quantitative estimate of drug-likeness (QED) is 0.204. The number of nitrogens with zero attached hydrogens (tertiary/aromatic N) is 5. The maximum absolute atomic E-state index is 14.9. The smallest absolute Gasteiger partial charge is 0.211 e. The van der Waals surface area contributed by atoms with E-state index >= 15 is 0 Å². The Bertz CT molecular complexity index is 2980. The number of benzene rings is 2. The van der Waals surface area contributed by atoms with Gasteiger partial charge in [0.25, 0.3) is 0 Å². The molecule has 21 heteroatoms. The van der Waals surface area contributed by atoms with Gasteiger partial charge >= 0.3 is 0 Å². The van der Waals surface area contributed by atoms with Gasteiger partial charge < -0.3 is 16.8 Å². The molecule has 340 valence electrons. The molecule has 8 rings (SSSR count). The normalized spacial score (nSPS) is 24.0. The summed E-state index contributed by atoms with van der Waals surface area (Å²) in [6.07, 6.45) is 4.13. The summed E-state index contributed by atoms with van der Waals surface area (Å²) in [6.45, 7) is 6.53. The van der Waals surface area contributed by atoms with Crippen LogP contribution in [0, 0.1) is 25.5 Å². The van der Waals surface area contributed by atoms with Gasteiger partial charge in [-0.3, -0.25) is 29.5 Å². The standard InChI is InChI=1S/C22H25FN4O5S2.C21H23FN4O3S/c1-14-4-7-18(25-10-14)19(28)9-15-5-6-17(23)16(8-15)21(2)13-34(31,32)22(20(24)26-21)11-27(12-22)33(3,29)30;1-13-3-6-17(25-9-13)18(27)8-14-4-5-16(22)15(7-14)20(2)12-30(28,29)21(10-24-11-21)19(23)26-20/h4-8,10H,9,11-13H2,1-3H3,(H2,24,26);3-7,9,24H,8,10-12H2,1-2H3,(H2,23,26)/t21-;20-/m00/s1. The van der Waals surface area contributed by atoms with E-state index in [2.05, 4.69) is 25.3 Å². The Kier molecular flexibility index (Phi) is 11.9. The van der Waals surface area contributed by atoms with E-state index in [1.54, 1.807) is 43.6 Å². The zero-order valence-corrected chi connectivity index (χ0v) is 38.2. The number of ketones is 2.